The molecule has 104 valence electrons. The molecule has 2 aromatic heterocycles. The Hall–Kier alpha value is -1.62. The van der Waals surface area contributed by atoms with E-state index in [1.165, 1.54) is 0 Å². The Morgan fingerprint density at radius 1 is 1.45 bits per heavy atom. The molecule has 0 aromatic carbocycles. The Balaban J connectivity index is 1.84. The van der Waals surface area contributed by atoms with Gasteiger partial charge in [0.05, 0.1) is 6.54 Å². The van der Waals surface area contributed by atoms with E-state index in [1.807, 2.05) is 30.0 Å². The molecule has 5 heteroatoms. The normalized spacial score (nSPS) is 14.3. The molecule has 0 aliphatic heterocycles. The lowest BCUT2D eigenvalue weighted by Crippen LogP contribution is -2.33. The minimum absolute atomic E-state index is 0.0472. The van der Waals surface area contributed by atoms with E-state index >= 15 is 0 Å². The first kappa shape index (κ1) is 13.4. The van der Waals surface area contributed by atoms with Crippen LogP contribution in [-0.4, -0.2) is 21.8 Å². The predicted molar refractivity (Wildman–Crippen MR) is 78.3 cm³/mol. The maximum absolute atomic E-state index is 12.7. The Labute approximate surface area is 125 Å². The molecule has 0 atom stereocenters. The van der Waals surface area contributed by atoms with Crippen molar-refractivity contribution in [1.29, 1.82) is 0 Å². The largest absolute Gasteiger partial charge is 0.464 e. The zero-order chi connectivity index (χ0) is 14.1. The first-order chi connectivity index (χ1) is 9.65. The van der Waals surface area contributed by atoms with Crippen molar-refractivity contribution >= 4 is 21.8 Å². The van der Waals surface area contributed by atoms with E-state index in [9.17, 15) is 4.79 Å². The number of aryl methyl sites for hydroxylation is 1. The topological polar surface area (TPSA) is 46.3 Å². The number of nitrogens with zero attached hydrogens (tertiary/aromatic N) is 2. The summed E-state index contributed by atoms with van der Waals surface area (Å²) in [5, 5.41) is 0. The molecule has 0 saturated heterocycles. The van der Waals surface area contributed by atoms with Crippen LogP contribution in [0.15, 0.2) is 39.4 Å². The molecule has 0 radical (unpaired) electrons. The summed E-state index contributed by atoms with van der Waals surface area (Å²) >= 11 is 3.39. The summed E-state index contributed by atoms with van der Waals surface area (Å²) in [5.41, 5.74) is 0.461. The summed E-state index contributed by atoms with van der Waals surface area (Å²) in [7, 11) is 0. The molecular weight excluding hydrogens is 320 g/mol. The molecule has 1 amide bonds. The van der Waals surface area contributed by atoms with Crippen molar-refractivity contribution in [3.8, 4) is 0 Å². The van der Waals surface area contributed by atoms with E-state index in [2.05, 4.69) is 20.9 Å². The van der Waals surface area contributed by atoms with Gasteiger partial charge in [-0.05, 0) is 60.0 Å². The molecule has 1 fully saturated rings. The van der Waals surface area contributed by atoms with Crippen molar-refractivity contribution in [3.63, 3.8) is 0 Å². The van der Waals surface area contributed by atoms with Gasteiger partial charge in [0.15, 0.2) is 0 Å². The highest BCUT2D eigenvalue weighted by Crippen LogP contribution is 2.31. The van der Waals surface area contributed by atoms with Crippen molar-refractivity contribution in [2.24, 2.45) is 0 Å². The summed E-state index contributed by atoms with van der Waals surface area (Å²) in [5.74, 6) is 1.63. The van der Waals surface area contributed by atoms with E-state index < -0.39 is 0 Å². The van der Waals surface area contributed by atoms with Gasteiger partial charge in [0.1, 0.15) is 17.2 Å². The van der Waals surface area contributed by atoms with Gasteiger partial charge in [0.25, 0.3) is 5.91 Å². The molecule has 1 aliphatic carbocycles. The summed E-state index contributed by atoms with van der Waals surface area (Å²) in [4.78, 5) is 18.7. The molecule has 4 nitrogen and oxygen atoms in total. The maximum atomic E-state index is 12.7. The van der Waals surface area contributed by atoms with Crippen LogP contribution in [0, 0.1) is 6.92 Å². The molecule has 3 rings (SSSR count). The lowest BCUT2D eigenvalue weighted by Gasteiger charge is -2.21. The highest BCUT2D eigenvalue weighted by molar-refractivity contribution is 9.10. The van der Waals surface area contributed by atoms with E-state index in [4.69, 9.17) is 4.42 Å². The van der Waals surface area contributed by atoms with Gasteiger partial charge in [0.2, 0.25) is 0 Å². The van der Waals surface area contributed by atoms with Crippen molar-refractivity contribution < 1.29 is 9.21 Å². The average Bonchev–Trinajstić information content (AvgIpc) is 3.19. The number of carbonyl (C=O) groups is 1. The molecule has 0 spiro atoms. The molecule has 0 N–H and O–H groups in total. The van der Waals surface area contributed by atoms with Gasteiger partial charge >= 0.3 is 0 Å². The molecule has 1 saturated carbocycles. The fourth-order valence-corrected chi connectivity index (χ4v) is 2.59. The molecule has 1 aliphatic rings. The second-order valence-electron chi connectivity index (χ2n) is 5.01. The zero-order valence-electron chi connectivity index (χ0n) is 11.2. The van der Waals surface area contributed by atoms with Gasteiger partial charge in [-0.3, -0.25) is 4.79 Å². The van der Waals surface area contributed by atoms with Crippen LogP contribution in [0.3, 0.4) is 0 Å². The van der Waals surface area contributed by atoms with Crippen LogP contribution in [0.25, 0.3) is 0 Å². The van der Waals surface area contributed by atoms with Crippen molar-refractivity contribution in [1.82, 2.24) is 9.88 Å². The van der Waals surface area contributed by atoms with Crippen LogP contribution in [0.2, 0.25) is 0 Å². The quantitative estimate of drug-likeness (QED) is 0.858. The summed E-state index contributed by atoms with van der Waals surface area (Å²) in [6.07, 6.45) is 3.74. The third-order valence-electron chi connectivity index (χ3n) is 3.33. The SMILES string of the molecule is Cc1ccc(CN(C(=O)c2ncccc2Br)C2CC2)o1. The number of hydrogen-bond donors (Lipinski definition) is 0. The fraction of sp³-hybridized carbons (Fsp3) is 0.333. The molecular formula is C15H15BrN2O2. The second-order valence-corrected chi connectivity index (χ2v) is 5.86. The molecule has 20 heavy (non-hydrogen) atoms. The van der Waals surface area contributed by atoms with E-state index in [-0.39, 0.29) is 5.91 Å². The van der Waals surface area contributed by atoms with Crippen LogP contribution in [0.1, 0.15) is 34.9 Å². The van der Waals surface area contributed by atoms with Crippen molar-refractivity contribution in [2.75, 3.05) is 0 Å². The number of carbonyl (C=O) groups excluding carboxylic acids is 1. The Kier molecular flexibility index (Phi) is 3.61. The second kappa shape index (κ2) is 5.40. The van der Waals surface area contributed by atoms with Crippen LogP contribution in [0.5, 0.6) is 0 Å². The lowest BCUT2D eigenvalue weighted by atomic mass is 10.3. The number of halogens is 1. The van der Waals surface area contributed by atoms with Gasteiger partial charge < -0.3 is 9.32 Å². The van der Waals surface area contributed by atoms with Crippen LogP contribution < -0.4 is 0 Å². The minimum atomic E-state index is -0.0472. The number of rotatable bonds is 4. The van der Waals surface area contributed by atoms with Crippen LogP contribution in [-0.2, 0) is 6.54 Å². The third kappa shape index (κ3) is 2.77. The molecule has 2 aromatic rings. The lowest BCUT2D eigenvalue weighted by molar-refractivity contribution is 0.0710. The van der Waals surface area contributed by atoms with E-state index in [0.717, 1.165) is 28.8 Å². The first-order valence-electron chi connectivity index (χ1n) is 6.62. The third-order valence-corrected chi connectivity index (χ3v) is 3.97. The van der Waals surface area contributed by atoms with Gasteiger partial charge in [-0.1, -0.05) is 0 Å². The predicted octanol–water partition coefficient (Wildman–Crippen LogP) is 3.55. The number of hydrogen-bond acceptors (Lipinski definition) is 3. The Bertz CT molecular complexity index is 634. The number of furan rings is 1. The summed E-state index contributed by atoms with van der Waals surface area (Å²) in [6.45, 7) is 2.41. The molecule has 0 unspecified atom stereocenters. The maximum Gasteiger partial charge on any atom is 0.274 e. The van der Waals surface area contributed by atoms with Crippen LogP contribution in [0.4, 0.5) is 0 Å². The van der Waals surface area contributed by atoms with E-state index in [0.29, 0.717) is 18.3 Å². The number of pyridine rings is 1. The van der Waals surface area contributed by atoms with Crippen molar-refractivity contribution in [2.45, 2.75) is 32.4 Å². The number of amides is 1. The smallest absolute Gasteiger partial charge is 0.274 e. The fourth-order valence-electron chi connectivity index (χ4n) is 2.17. The minimum Gasteiger partial charge on any atom is -0.464 e. The Morgan fingerprint density at radius 3 is 2.85 bits per heavy atom. The zero-order valence-corrected chi connectivity index (χ0v) is 12.8. The van der Waals surface area contributed by atoms with Gasteiger partial charge in [-0.15, -0.1) is 0 Å². The van der Waals surface area contributed by atoms with E-state index in [1.54, 1.807) is 12.3 Å². The highest BCUT2D eigenvalue weighted by Gasteiger charge is 2.34. The monoisotopic (exact) mass is 334 g/mol. The first-order valence-corrected chi connectivity index (χ1v) is 7.41. The van der Waals surface area contributed by atoms with Gasteiger partial charge in [0, 0.05) is 16.7 Å². The van der Waals surface area contributed by atoms with Gasteiger partial charge in [-0.25, -0.2) is 4.98 Å². The van der Waals surface area contributed by atoms with Gasteiger partial charge in [-0.2, -0.15) is 0 Å². The Morgan fingerprint density at radius 2 is 2.25 bits per heavy atom. The summed E-state index contributed by atoms with van der Waals surface area (Å²) in [6, 6.07) is 7.79. The molecule has 2 heterocycles. The standard InChI is InChI=1S/C15H15BrN2O2/c1-10-4-7-12(20-10)9-18(11-5-6-11)15(19)14-13(16)3-2-8-17-14/h2-4,7-8,11H,5-6,9H2,1H3. The number of aromatic nitrogens is 1. The average molecular weight is 335 g/mol. The van der Waals surface area contributed by atoms with Crippen molar-refractivity contribution in [3.05, 3.63) is 52.1 Å². The highest BCUT2D eigenvalue weighted by atomic mass is 79.9. The molecule has 0 bridgehead atoms. The van der Waals surface area contributed by atoms with Crippen LogP contribution >= 0.6 is 15.9 Å². The summed E-state index contributed by atoms with van der Waals surface area (Å²) < 4.78 is 6.31.